The molecule has 0 bridgehead atoms. The smallest absolute Gasteiger partial charge is 0.238 e. The molecule has 1 aromatic carbocycles. The summed E-state index contributed by atoms with van der Waals surface area (Å²) < 4.78 is 0. The number of carbonyl (C=O) groups is 1. The largest absolute Gasteiger partial charge is 0.393 e. The minimum absolute atomic E-state index is 0.0226. The number of hydrogen-bond donors (Lipinski definition) is 2. The molecule has 5 nitrogen and oxygen atoms in total. The summed E-state index contributed by atoms with van der Waals surface area (Å²) in [7, 11) is 1.89. The van der Waals surface area contributed by atoms with Crippen LogP contribution < -0.4 is 10.2 Å². The Labute approximate surface area is 145 Å². The Morgan fingerprint density at radius 1 is 1.21 bits per heavy atom. The molecule has 1 unspecified atom stereocenters. The normalized spacial score (nSPS) is 16.8. The van der Waals surface area contributed by atoms with E-state index in [0.717, 1.165) is 18.8 Å². The van der Waals surface area contributed by atoms with Crippen molar-refractivity contribution >= 4 is 17.3 Å². The van der Waals surface area contributed by atoms with Crippen LogP contribution >= 0.6 is 0 Å². The van der Waals surface area contributed by atoms with Gasteiger partial charge < -0.3 is 15.3 Å². The van der Waals surface area contributed by atoms with Crippen molar-refractivity contribution in [1.29, 1.82) is 0 Å². The zero-order valence-electron chi connectivity index (χ0n) is 15.0. The molecule has 134 valence electrons. The molecule has 5 heteroatoms. The Hall–Kier alpha value is -1.59. The molecule has 1 atom stereocenters. The van der Waals surface area contributed by atoms with Gasteiger partial charge >= 0.3 is 0 Å². The van der Waals surface area contributed by atoms with Gasteiger partial charge in [0.1, 0.15) is 0 Å². The lowest BCUT2D eigenvalue weighted by Crippen LogP contribution is -2.32. The predicted octanol–water partition coefficient (Wildman–Crippen LogP) is 2.71. The van der Waals surface area contributed by atoms with Crippen LogP contribution in [0.3, 0.4) is 0 Å². The third-order valence-electron chi connectivity index (χ3n) is 4.46. The van der Waals surface area contributed by atoms with E-state index in [1.54, 1.807) is 6.92 Å². The van der Waals surface area contributed by atoms with Gasteiger partial charge in [0.25, 0.3) is 0 Å². The van der Waals surface area contributed by atoms with Crippen LogP contribution in [0.4, 0.5) is 11.4 Å². The van der Waals surface area contributed by atoms with E-state index in [0.29, 0.717) is 19.5 Å². The number of amides is 1. The molecule has 0 aliphatic carbocycles. The highest BCUT2D eigenvalue weighted by Gasteiger charge is 2.11. The molecule has 1 amide bonds. The molecule has 1 fully saturated rings. The van der Waals surface area contributed by atoms with Crippen LogP contribution in [-0.4, -0.2) is 55.2 Å². The Kier molecular flexibility index (Phi) is 7.53. The van der Waals surface area contributed by atoms with Crippen LogP contribution in [0.15, 0.2) is 24.3 Å². The van der Waals surface area contributed by atoms with Crippen molar-refractivity contribution in [2.75, 3.05) is 43.4 Å². The van der Waals surface area contributed by atoms with Crippen LogP contribution in [0.25, 0.3) is 0 Å². The Bertz CT molecular complexity index is 494. The second kappa shape index (κ2) is 9.64. The molecule has 0 radical (unpaired) electrons. The van der Waals surface area contributed by atoms with E-state index in [9.17, 15) is 9.90 Å². The molecular formula is C19H31N3O2. The number of benzene rings is 1. The van der Waals surface area contributed by atoms with E-state index >= 15 is 0 Å². The molecule has 1 heterocycles. The summed E-state index contributed by atoms with van der Waals surface area (Å²) >= 11 is 0. The number of nitrogens with zero attached hydrogens (tertiary/aromatic N) is 2. The van der Waals surface area contributed by atoms with Crippen LogP contribution in [0.2, 0.25) is 0 Å². The summed E-state index contributed by atoms with van der Waals surface area (Å²) in [5, 5.41) is 12.2. The van der Waals surface area contributed by atoms with Gasteiger partial charge in [0.05, 0.1) is 12.6 Å². The molecule has 0 spiro atoms. The van der Waals surface area contributed by atoms with Crippen LogP contribution in [-0.2, 0) is 4.79 Å². The first-order valence-electron chi connectivity index (χ1n) is 9.06. The number of aliphatic hydroxyl groups excluding tert-OH is 1. The van der Waals surface area contributed by atoms with Crippen molar-refractivity contribution < 1.29 is 9.90 Å². The molecule has 0 aromatic heterocycles. The van der Waals surface area contributed by atoms with Gasteiger partial charge in [0.2, 0.25) is 5.91 Å². The number of anilines is 2. The fraction of sp³-hybridized carbons (Fsp3) is 0.632. The summed E-state index contributed by atoms with van der Waals surface area (Å²) in [6, 6.07) is 8.15. The Morgan fingerprint density at radius 2 is 1.83 bits per heavy atom. The number of aliphatic hydroxyl groups is 1. The average molecular weight is 333 g/mol. The van der Waals surface area contributed by atoms with E-state index in [1.807, 2.05) is 24.1 Å². The number of carbonyl (C=O) groups excluding carboxylic acids is 1. The van der Waals surface area contributed by atoms with E-state index < -0.39 is 0 Å². The third kappa shape index (κ3) is 6.49. The van der Waals surface area contributed by atoms with Gasteiger partial charge in [-0.1, -0.05) is 12.8 Å². The van der Waals surface area contributed by atoms with Crippen molar-refractivity contribution in [2.45, 2.75) is 45.1 Å². The molecule has 1 aromatic rings. The Morgan fingerprint density at radius 3 is 2.42 bits per heavy atom. The summed E-state index contributed by atoms with van der Waals surface area (Å²) in [6.45, 7) is 5.05. The van der Waals surface area contributed by atoms with Gasteiger partial charge in [-0.15, -0.1) is 0 Å². The zero-order valence-corrected chi connectivity index (χ0v) is 15.0. The summed E-state index contributed by atoms with van der Waals surface area (Å²) in [6.07, 6.45) is 5.52. The molecule has 1 aliphatic heterocycles. The summed E-state index contributed by atoms with van der Waals surface area (Å²) in [5.41, 5.74) is 2.08. The topological polar surface area (TPSA) is 55.8 Å². The highest BCUT2D eigenvalue weighted by atomic mass is 16.3. The molecular weight excluding hydrogens is 302 g/mol. The minimum Gasteiger partial charge on any atom is -0.393 e. The predicted molar refractivity (Wildman–Crippen MR) is 99.5 cm³/mol. The number of rotatable bonds is 7. The lowest BCUT2D eigenvalue weighted by Gasteiger charge is -2.23. The van der Waals surface area contributed by atoms with Gasteiger partial charge in [0, 0.05) is 31.0 Å². The highest BCUT2D eigenvalue weighted by molar-refractivity contribution is 5.92. The number of hydrogen-bond acceptors (Lipinski definition) is 4. The second-order valence-corrected chi connectivity index (χ2v) is 6.87. The van der Waals surface area contributed by atoms with Crippen molar-refractivity contribution in [3.05, 3.63) is 24.3 Å². The maximum Gasteiger partial charge on any atom is 0.238 e. The number of likely N-dealkylation sites (N-methyl/N-ethyl adjacent to an activating group) is 1. The average Bonchev–Trinajstić information content (AvgIpc) is 2.83. The van der Waals surface area contributed by atoms with Crippen molar-refractivity contribution in [1.82, 2.24) is 4.90 Å². The van der Waals surface area contributed by atoms with Gasteiger partial charge in [-0.25, -0.2) is 0 Å². The quantitative estimate of drug-likeness (QED) is 0.805. The monoisotopic (exact) mass is 333 g/mol. The van der Waals surface area contributed by atoms with E-state index in [1.165, 1.54) is 31.4 Å². The summed E-state index contributed by atoms with van der Waals surface area (Å²) in [4.78, 5) is 16.4. The molecule has 2 rings (SSSR count). The molecule has 24 heavy (non-hydrogen) atoms. The lowest BCUT2D eigenvalue weighted by atomic mass is 10.2. The fourth-order valence-corrected chi connectivity index (χ4v) is 3.02. The first-order chi connectivity index (χ1) is 11.5. The van der Waals surface area contributed by atoms with Crippen molar-refractivity contribution in [3.8, 4) is 0 Å². The van der Waals surface area contributed by atoms with Gasteiger partial charge in [-0.05, 0) is 57.5 Å². The lowest BCUT2D eigenvalue weighted by molar-refractivity contribution is -0.117. The zero-order chi connectivity index (χ0) is 17.4. The third-order valence-corrected chi connectivity index (χ3v) is 4.46. The van der Waals surface area contributed by atoms with Crippen molar-refractivity contribution in [3.63, 3.8) is 0 Å². The summed E-state index contributed by atoms with van der Waals surface area (Å²) in [5.74, 6) is -0.0226. The van der Waals surface area contributed by atoms with E-state index in [4.69, 9.17) is 0 Å². The SMILES string of the molecule is CC(O)CCN(C)CC(=O)Nc1ccc(N2CCCCCC2)cc1. The van der Waals surface area contributed by atoms with Crippen molar-refractivity contribution in [2.24, 2.45) is 0 Å². The number of nitrogens with one attached hydrogen (secondary N) is 1. The Balaban J connectivity index is 1.81. The molecule has 0 saturated carbocycles. The van der Waals surface area contributed by atoms with Gasteiger partial charge in [0.15, 0.2) is 0 Å². The maximum atomic E-state index is 12.1. The van der Waals surface area contributed by atoms with E-state index in [2.05, 4.69) is 22.3 Å². The maximum absolute atomic E-state index is 12.1. The minimum atomic E-state index is -0.331. The molecule has 1 aliphatic rings. The second-order valence-electron chi connectivity index (χ2n) is 6.87. The van der Waals surface area contributed by atoms with E-state index in [-0.39, 0.29) is 12.0 Å². The van der Waals surface area contributed by atoms with Crippen LogP contribution in [0.5, 0.6) is 0 Å². The molecule has 1 saturated heterocycles. The molecule has 2 N–H and O–H groups in total. The van der Waals surface area contributed by atoms with Gasteiger partial charge in [-0.2, -0.15) is 0 Å². The van der Waals surface area contributed by atoms with Gasteiger partial charge in [-0.3, -0.25) is 9.69 Å². The van der Waals surface area contributed by atoms with Crippen LogP contribution in [0.1, 0.15) is 39.0 Å². The fourth-order valence-electron chi connectivity index (χ4n) is 3.02. The first-order valence-corrected chi connectivity index (χ1v) is 9.06. The standard InChI is InChI=1S/C19H31N3O2/c1-16(23)11-14-21(2)15-19(24)20-17-7-9-18(10-8-17)22-12-5-3-4-6-13-22/h7-10,16,23H,3-6,11-15H2,1-2H3,(H,20,24). The van der Waals surface area contributed by atoms with Crippen LogP contribution in [0, 0.1) is 0 Å². The highest BCUT2D eigenvalue weighted by Crippen LogP contribution is 2.21. The first kappa shape index (κ1) is 18.7.